The number of benzene rings is 1. The quantitative estimate of drug-likeness (QED) is 0.766. The molecule has 0 saturated carbocycles. The van der Waals surface area contributed by atoms with Gasteiger partial charge in [-0.1, -0.05) is 6.07 Å². The van der Waals surface area contributed by atoms with E-state index in [-0.39, 0.29) is 16.9 Å². The van der Waals surface area contributed by atoms with Gasteiger partial charge in [-0.2, -0.15) is 4.31 Å². The summed E-state index contributed by atoms with van der Waals surface area (Å²) in [6.45, 7) is 4.00. The fourth-order valence-corrected chi connectivity index (χ4v) is 4.98. The molecule has 2 aliphatic heterocycles. The number of hydrogen-bond acceptors (Lipinski definition) is 5. The maximum absolute atomic E-state index is 12.6. The highest BCUT2D eigenvalue weighted by atomic mass is 32.2. The Bertz CT molecular complexity index is 963. The highest BCUT2D eigenvalue weighted by Gasteiger charge is 2.33. The Labute approximate surface area is 165 Å². The molecule has 3 heterocycles. The van der Waals surface area contributed by atoms with Gasteiger partial charge in [-0.05, 0) is 50.1 Å². The van der Waals surface area contributed by atoms with Crippen molar-refractivity contribution in [1.29, 1.82) is 0 Å². The number of hydrogen-bond donors (Lipinski definition) is 0. The van der Waals surface area contributed by atoms with Crippen LogP contribution in [0.1, 0.15) is 28.9 Å². The summed E-state index contributed by atoms with van der Waals surface area (Å²) in [5.41, 5.74) is 1.36. The van der Waals surface area contributed by atoms with E-state index in [0.717, 1.165) is 18.5 Å². The lowest BCUT2D eigenvalue weighted by Crippen LogP contribution is -2.56. The largest absolute Gasteiger partial charge is 0.471 e. The highest BCUT2D eigenvalue weighted by molar-refractivity contribution is 7.89. The molecule has 0 unspecified atom stereocenters. The van der Waals surface area contributed by atoms with Crippen molar-refractivity contribution in [2.24, 2.45) is 0 Å². The molecular formula is C20H23N3O4S. The maximum atomic E-state index is 12.6. The predicted octanol–water partition coefficient (Wildman–Crippen LogP) is 2.08. The Kier molecular flexibility index (Phi) is 5.07. The van der Waals surface area contributed by atoms with Gasteiger partial charge in [0.25, 0.3) is 5.91 Å². The minimum absolute atomic E-state index is 0.0759. The molecule has 1 aromatic carbocycles. The van der Waals surface area contributed by atoms with Gasteiger partial charge in [-0.3, -0.25) is 4.79 Å². The summed E-state index contributed by atoms with van der Waals surface area (Å²) in [4.78, 5) is 18.8. The van der Waals surface area contributed by atoms with Gasteiger partial charge in [0.15, 0.2) is 0 Å². The van der Waals surface area contributed by atoms with E-state index in [4.69, 9.17) is 4.74 Å². The number of carbonyl (C=O) groups excluding carboxylic acids is 1. The second-order valence-corrected chi connectivity index (χ2v) is 9.14. The zero-order valence-electron chi connectivity index (χ0n) is 15.7. The van der Waals surface area contributed by atoms with Crippen LogP contribution < -0.4 is 4.74 Å². The minimum atomic E-state index is -3.46. The standard InChI is InChI=1S/C20H23N3O4S/c1-15-5-4-6-19(21-15)27-17-13-22(14-17)20(24)16-7-9-18(10-8-16)28(25,26)23-11-2-3-12-23/h4-10,17H,2-3,11-14H2,1H3. The van der Waals surface area contributed by atoms with E-state index in [2.05, 4.69) is 4.98 Å². The van der Waals surface area contributed by atoms with E-state index in [1.165, 1.54) is 16.4 Å². The van der Waals surface area contributed by atoms with Crippen LogP contribution in [0.4, 0.5) is 0 Å². The SMILES string of the molecule is Cc1cccc(OC2CN(C(=O)c3ccc(S(=O)(=O)N4CCCC4)cc3)C2)n1. The number of ether oxygens (including phenoxy) is 1. The molecule has 2 saturated heterocycles. The van der Waals surface area contributed by atoms with Crippen LogP contribution in [0.3, 0.4) is 0 Å². The van der Waals surface area contributed by atoms with Crippen molar-refractivity contribution in [3.63, 3.8) is 0 Å². The summed E-state index contributed by atoms with van der Waals surface area (Å²) in [7, 11) is -3.46. The molecule has 148 valence electrons. The number of aryl methyl sites for hydroxylation is 1. The van der Waals surface area contributed by atoms with Crippen molar-refractivity contribution in [2.45, 2.75) is 30.8 Å². The first-order valence-corrected chi connectivity index (χ1v) is 10.9. The van der Waals surface area contributed by atoms with Crippen molar-refractivity contribution in [2.75, 3.05) is 26.2 Å². The van der Waals surface area contributed by atoms with Gasteiger partial charge >= 0.3 is 0 Å². The van der Waals surface area contributed by atoms with Crippen molar-refractivity contribution >= 4 is 15.9 Å². The van der Waals surface area contributed by atoms with Gasteiger partial charge in [-0.15, -0.1) is 0 Å². The van der Waals surface area contributed by atoms with Gasteiger partial charge in [0.1, 0.15) is 6.10 Å². The van der Waals surface area contributed by atoms with Gasteiger partial charge < -0.3 is 9.64 Å². The third-order valence-electron chi connectivity index (χ3n) is 5.09. The molecule has 2 aromatic rings. The van der Waals surface area contributed by atoms with Crippen molar-refractivity contribution in [3.05, 3.63) is 53.7 Å². The molecule has 2 fully saturated rings. The first kappa shape index (κ1) is 18.9. The van der Waals surface area contributed by atoms with Gasteiger partial charge in [0, 0.05) is 30.4 Å². The lowest BCUT2D eigenvalue weighted by molar-refractivity contribution is 0.0159. The van der Waals surface area contributed by atoms with E-state index < -0.39 is 10.0 Å². The molecule has 0 N–H and O–H groups in total. The molecule has 1 amide bonds. The summed E-state index contributed by atoms with van der Waals surface area (Å²) in [6, 6.07) is 11.8. The van der Waals surface area contributed by atoms with Crippen LogP contribution in [0.15, 0.2) is 47.4 Å². The van der Waals surface area contributed by atoms with Crippen molar-refractivity contribution < 1.29 is 17.9 Å². The molecule has 0 bridgehead atoms. The van der Waals surface area contributed by atoms with Gasteiger partial charge in [0.2, 0.25) is 15.9 Å². The third-order valence-corrected chi connectivity index (χ3v) is 7.00. The number of sulfonamides is 1. The van der Waals surface area contributed by atoms with E-state index in [0.29, 0.717) is 37.6 Å². The van der Waals surface area contributed by atoms with Crippen LogP contribution in [-0.4, -0.2) is 60.8 Å². The van der Waals surface area contributed by atoms with Crippen LogP contribution in [-0.2, 0) is 10.0 Å². The Hall–Kier alpha value is -2.45. The van der Waals surface area contributed by atoms with Crippen LogP contribution >= 0.6 is 0 Å². The Balaban J connectivity index is 1.36. The van der Waals surface area contributed by atoms with Gasteiger partial charge in [0.05, 0.1) is 18.0 Å². The molecule has 28 heavy (non-hydrogen) atoms. The average molecular weight is 401 g/mol. The molecule has 0 atom stereocenters. The number of nitrogens with zero attached hydrogens (tertiary/aromatic N) is 3. The average Bonchev–Trinajstić information content (AvgIpc) is 3.20. The zero-order valence-corrected chi connectivity index (χ0v) is 16.6. The van der Waals surface area contributed by atoms with Crippen LogP contribution in [0, 0.1) is 6.92 Å². The lowest BCUT2D eigenvalue weighted by Gasteiger charge is -2.38. The molecule has 8 heteroatoms. The fraction of sp³-hybridized carbons (Fsp3) is 0.400. The summed E-state index contributed by atoms with van der Waals surface area (Å²) < 4.78 is 32.4. The molecule has 0 spiro atoms. The van der Waals surface area contributed by atoms with Crippen LogP contribution in [0.5, 0.6) is 5.88 Å². The second-order valence-electron chi connectivity index (χ2n) is 7.20. The summed E-state index contributed by atoms with van der Waals surface area (Å²) in [6.07, 6.45) is 1.71. The zero-order chi connectivity index (χ0) is 19.7. The number of carbonyl (C=O) groups is 1. The first-order valence-electron chi connectivity index (χ1n) is 9.43. The number of likely N-dealkylation sites (tertiary alicyclic amines) is 1. The second kappa shape index (κ2) is 7.52. The Morgan fingerprint density at radius 1 is 1.07 bits per heavy atom. The highest BCUT2D eigenvalue weighted by Crippen LogP contribution is 2.23. The van der Waals surface area contributed by atoms with Crippen molar-refractivity contribution in [1.82, 2.24) is 14.2 Å². The van der Waals surface area contributed by atoms with Crippen LogP contribution in [0.25, 0.3) is 0 Å². The molecule has 0 aliphatic carbocycles. The van der Waals surface area contributed by atoms with E-state index >= 15 is 0 Å². The smallest absolute Gasteiger partial charge is 0.254 e. The number of aromatic nitrogens is 1. The number of amides is 1. The normalized spacial score (nSPS) is 18.1. The van der Waals surface area contributed by atoms with Gasteiger partial charge in [-0.25, -0.2) is 13.4 Å². The lowest BCUT2D eigenvalue weighted by atomic mass is 10.1. The van der Waals surface area contributed by atoms with E-state index in [1.54, 1.807) is 23.1 Å². The monoisotopic (exact) mass is 401 g/mol. The molecule has 7 nitrogen and oxygen atoms in total. The maximum Gasteiger partial charge on any atom is 0.254 e. The third kappa shape index (κ3) is 3.74. The number of rotatable bonds is 5. The molecule has 2 aliphatic rings. The Morgan fingerprint density at radius 3 is 2.39 bits per heavy atom. The summed E-state index contributed by atoms with van der Waals surface area (Å²) in [5.74, 6) is 0.441. The molecular weight excluding hydrogens is 378 g/mol. The first-order chi connectivity index (χ1) is 13.4. The topological polar surface area (TPSA) is 79.8 Å². The molecule has 0 radical (unpaired) electrons. The Morgan fingerprint density at radius 2 is 1.75 bits per heavy atom. The summed E-state index contributed by atoms with van der Waals surface area (Å²) >= 11 is 0. The molecule has 4 rings (SSSR count). The van der Waals surface area contributed by atoms with E-state index in [9.17, 15) is 13.2 Å². The van der Waals surface area contributed by atoms with E-state index in [1.807, 2.05) is 19.1 Å². The minimum Gasteiger partial charge on any atom is -0.471 e. The van der Waals surface area contributed by atoms with Crippen LogP contribution in [0.2, 0.25) is 0 Å². The molecule has 1 aromatic heterocycles. The summed E-state index contributed by atoms with van der Waals surface area (Å²) in [5, 5.41) is 0. The van der Waals surface area contributed by atoms with Crippen molar-refractivity contribution in [3.8, 4) is 5.88 Å². The fourth-order valence-electron chi connectivity index (χ4n) is 3.46. The predicted molar refractivity (Wildman–Crippen MR) is 104 cm³/mol. The number of pyridine rings is 1.